The van der Waals surface area contributed by atoms with Gasteiger partial charge in [0.05, 0.1) is 14.2 Å². The first kappa shape index (κ1) is 9.31. The number of hydrogen-bond donors (Lipinski definition) is 1. The van der Waals surface area contributed by atoms with Gasteiger partial charge >= 0.3 is 0 Å². The van der Waals surface area contributed by atoms with E-state index in [0.29, 0.717) is 23.9 Å². The molecule has 13 heavy (non-hydrogen) atoms. The minimum atomic E-state index is 0.344. The molecular weight excluding hydrogens is 172 g/mol. The Hall–Kier alpha value is -1.78. The lowest BCUT2D eigenvalue weighted by Gasteiger charge is -2.06. The molecule has 0 saturated heterocycles. The molecule has 1 aromatic heterocycles. The molecule has 1 N–H and O–H groups in total. The maximum atomic E-state index is 10.2. The highest BCUT2D eigenvalue weighted by molar-refractivity contribution is 5.72. The third-order valence-corrected chi connectivity index (χ3v) is 1.46. The van der Waals surface area contributed by atoms with Crippen molar-refractivity contribution in [2.75, 3.05) is 19.5 Å². The molecule has 0 spiro atoms. The number of ether oxygens (including phenoxy) is 2. The lowest BCUT2D eigenvalue weighted by molar-refractivity contribution is -0.105. The summed E-state index contributed by atoms with van der Waals surface area (Å²) in [6, 6.07) is 3.31. The highest BCUT2D eigenvalue weighted by Gasteiger charge is 2.04. The Morgan fingerprint density at radius 2 is 2.15 bits per heavy atom. The van der Waals surface area contributed by atoms with Gasteiger partial charge in [0, 0.05) is 6.07 Å². The second-order valence-electron chi connectivity index (χ2n) is 2.17. The molecular formula is C8H10N2O3. The van der Waals surface area contributed by atoms with Gasteiger partial charge in [-0.25, -0.2) is 0 Å². The number of hydrogen-bond acceptors (Lipinski definition) is 4. The van der Waals surface area contributed by atoms with Crippen molar-refractivity contribution in [3.8, 4) is 11.6 Å². The van der Waals surface area contributed by atoms with Crippen LogP contribution in [0.2, 0.25) is 0 Å². The molecule has 0 bridgehead atoms. The summed E-state index contributed by atoms with van der Waals surface area (Å²) in [7, 11) is 3.00. The average molecular weight is 182 g/mol. The van der Waals surface area contributed by atoms with Crippen molar-refractivity contribution >= 4 is 12.2 Å². The zero-order valence-electron chi connectivity index (χ0n) is 7.40. The molecule has 1 heterocycles. The molecule has 1 aromatic rings. The van der Waals surface area contributed by atoms with Crippen LogP contribution in [0.15, 0.2) is 12.1 Å². The van der Waals surface area contributed by atoms with Crippen LogP contribution in [0.5, 0.6) is 11.6 Å². The zero-order chi connectivity index (χ0) is 9.68. The normalized spacial score (nSPS) is 9.08. The van der Waals surface area contributed by atoms with Crippen molar-refractivity contribution in [1.82, 2.24) is 4.98 Å². The van der Waals surface area contributed by atoms with E-state index in [1.165, 1.54) is 14.2 Å². The smallest absolute Gasteiger partial charge is 0.215 e. The first-order chi connectivity index (χ1) is 6.31. The molecule has 70 valence electrons. The number of amides is 1. The van der Waals surface area contributed by atoms with Crippen LogP contribution in [0.3, 0.4) is 0 Å². The Bertz CT molecular complexity index is 301. The van der Waals surface area contributed by atoms with E-state index in [0.717, 1.165) is 0 Å². The molecule has 5 nitrogen and oxygen atoms in total. The molecule has 0 saturated carbocycles. The largest absolute Gasteiger partial charge is 0.493 e. The molecule has 0 aliphatic heterocycles. The van der Waals surface area contributed by atoms with Gasteiger partial charge in [-0.15, -0.1) is 0 Å². The van der Waals surface area contributed by atoms with Crippen LogP contribution < -0.4 is 14.8 Å². The lowest BCUT2D eigenvalue weighted by Crippen LogP contribution is -2.01. The molecule has 0 aromatic carbocycles. The molecule has 0 aliphatic rings. The molecule has 0 unspecified atom stereocenters. The fraction of sp³-hybridized carbons (Fsp3) is 0.250. The predicted molar refractivity (Wildman–Crippen MR) is 47.0 cm³/mol. The van der Waals surface area contributed by atoms with Gasteiger partial charge in [-0.3, -0.25) is 4.79 Å². The summed E-state index contributed by atoms with van der Waals surface area (Å²) in [6.07, 6.45) is 0.532. The maximum absolute atomic E-state index is 10.2. The third-order valence-electron chi connectivity index (χ3n) is 1.46. The Balaban J connectivity index is 3.01. The van der Waals surface area contributed by atoms with E-state index in [-0.39, 0.29) is 0 Å². The number of methoxy groups -OCH3 is 2. The van der Waals surface area contributed by atoms with E-state index in [1.54, 1.807) is 12.1 Å². The van der Waals surface area contributed by atoms with Crippen LogP contribution in [0.25, 0.3) is 0 Å². The van der Waals surface area contributed by atoms with E-state index >= 15 is 0 Å². The number of carbonyl (C=O) groups excluding carboxylic acids is 1. The third kappa shape index (κ3) is 2.08. The summed E-state index contributed by atoms with van der Waals surface area (Å²) < 4.78 is 9.84. The summed E-state index contributed by atoms with van der Waals surface area (Å²) in [5.41, 5.74) is 0. The van der Waals surface area contributed by atoms with Crippen LogP contribution >= 0.6 is 0 Å². The van der Waals surface area contributed by atoms with E-state index in [4.69, 9.17) is 9.47 Å². The second kappa shape index (κ2) is 4.30. The fourth-order valence-electron chi connectivity index (χ4n) is 0.866. The number of carbonyl (C=O) groups is 1. The van der Waals surface area contributed by atoms with Crippen molar-refractivity contribution < 1.29 is 14.3 Å². The van der Waals surface area contributed by atoms with Gasteiger partial charge < -0.3 is 14.8 Å². The molecule has 0 radical (unpaired) electrons. The highest BCUT2D eigenvalue weighted by Crippen LogP contribution is 2.23. The quantitative estimate of drug-likeness (QED) is 0.695. The van der Waals surface area contributed by atoms with Crippen LogP contribution in [0, 0.1) is 0 Å². The van der Waals surface area contributed by atoms with E-state index in [2.05, 4.69) is 10.3 Å². The summed E-state index contributed by atoms with van der Waals surface area (Å²) in [4.78, 5) is 14.2. The molecule has 5 heteroatoms. The Morgan fingerprint density at radius 3 is 2.69 bits per heavy atom. The highest BCUT2D eigenvalue weighted by atomic mass is 16.5. The SMILES string of the molecule is COc1ccc(OC)c(NC=O)n1. The fourth-order valence-corrected chi connectivity index (χ4v) is 0.866. The summed E-state index contributed by atoms with van der Waals surface area (Å²) in [5.74, 6) is 1.26. The number of nitrogens with zero attached hydrogens (tertiary/aromatic N) is 1. The Labute approximate surface area is 75.7 Å². The number of anilines is 1. The molecule has 0 atom stereocenters. The summed E-state index contributed by atoms with van der Waals surface area (Å²) >= 11 is 0. The molecule has 1 rings (SSSR count). The summed E-state index contributed by atoms with van der Waals surface area (Å²) in [6.45, 7) is 0. The first-order valence-electron chi connectivity index (χ1n) is 3.61. The van der Waals surface area contributed by atoms with Crippen molar-refractivity contribution in [2.45, 2.75) is 0 Å². The molecule has 0 fully saturated rings. The van der Waals surface area contributed by atoms with Gasteiger partial charge in [0.15, 0.2) is 11.6 Å². The van der Waals surface area contributed by atoms with Crippen LogP contribution in [0.1, 0.15) is 0 Å². The van der Waals surface area contributed by atoms with Crippen LogP contribution in [0.4, 0.5) is 5.82 Å². The predicted octanol–water partition coefficient (Wildman–Crippen LogP) is 0.667. The van der Waals surface area contributed by atoms with E-state index < -0.39 is 0 Å². The van der Waals surface area contributed by atoms with Gasteiger partial charge in [-0.2, -0.15) is 4.98 Å². The Morgan fingerprint density at radius 1 is 1.38 bits per heavy atom. The topological polar surface area (TPSA) is 60.5 Å². The van der Waals surface area contributed by atoms with E-state index in [1.807, 2.05) is 0 Å². The molecule has 0 aliphatic carbocycles. The summed E-state index contributed by atoms with van der Waals surface area (Å²) in [5, 5.41) is 2.41. The maximum Gasteiger partial charge on any atom is 0.215 e. The zero-order valence-corrected chi connectivity index (χ0v) is 7.40. The Kier molecular flexibility index (Phi) is 3.08. The lowest BCUT2D eigenvalue weighted by atomic mass is 10.4. The standard InChI is InChI=1S/C8H10N2O3/c1-12-6-3-4-7(13-2)10-8(6)9-5-11/h3-5H,1-2H3,(H,9,10,11). The van der Waals surface area contributed by atoms with Gasteiger partial charge in [0.25, 0.3) is 0 Å². The number of pyridine rings is 1. The van der Waals surface area contributed by atoms with Crippen molar-refractivity contribution in [1.29, 1.82) is 0 Å². The molecule has 1 amide bonds. The van der Waals surface area contributed by atoms with Crippen LogP contribution in [-0.4, -0.2) is 25.6 Å². The first-order valence-corrected chi connectivity index (χ1v) is 3.61. The van der Waals surface area contributed by atoms with Gasteiger partial charge in [-0.1, -0.05) is 0 Å². The minimum absolute atomic E-state index is 0.344. The van der Waals surface area contributed by atoms with Crippen LogP contribution in [-0.2, 0) is 4.79 Å². The average Bonchev–Trinajstić information content (AvgIpc) is 2.18. The van der Waals surface area contributed by atoms with Gasteiger partial charge in [0.2, 0.25) is 12.3 Å². The number of aromatic nitrogens is 1. The second-order valence-corrected chi connectivity index (χ2v) is 2.17. The van der Waals surface area contributed by atoms with Crippen molar-refractivity contribution in [3.05, 3.63) is 12.1 Å². The monoisotopic (exact) mass is 182 g/mol. The van der Waals surface area contributed by atoms with Crippen molar-refractivity contribution in [2.24, 2.45) is 0 Å². The van der Waals surface area contributed by atoms with Gasteiger partial charge in [-0.05, 0) is 6.07 Å². The van der Waals surface area contributed by atoms with E-state index in [9.17, 15) is 4.79 Å². The van der Waals surface area contributed by atoms with Gasteiger partial charge in [0.1, 0.15) is 0 Å². The number of rotatable bonds is 4. The minimum Gasteiger partial charge on any atom is -0.493 e. The number of nitrogens with one attached hydrogen (secondary N) is 1. The van der Waals surface area contributed by atoms with Crippen molar-refractivity contribution in [3.63, 3.8) is 0 Å².